The lowest BCUT2D eigenvalue weighted by atomic mass is 9.75. The molecule has 0 aromatic heterocycles. The number of benzene rings is 1. The van der Waals surface area contributed by atoms with E-state index in [0.717, 1.165) is 0 Å². The maximum Gasteiger partial charge on any atom is 0.339 e. The Hall–Kier alpha value is -3.56. The Morgan fingerprint density at radius 1 is 1.19 bits per heavy atom. The Kier molecular flexibility index (Phi) is 7.62. The van der Waals surface area contributed by atoms with E-state index < -0.39 is 47.4 Å². The third-order valence-electron chi connectivity index (χ3n) is 4.81. The first-order chi connectivity index (χ1) is 14.6. The summed E-state index contributed by atoms with van der Waals surface area (Å²) >= 11 is 0. The predicted octanol–water partition coefficient (Wildman–Crippen LogP) is 2.92. The molecular weight excluding hydrogens is 408 g/mol. The fourth-order valence-corrected chi connectivity index (χ4v) is 3.31. The van der Waals surface area contributed by atoms with Crippen molar-refractivity contribution in [1.29, 1.82) is 0 Å². The third kappa shape index (κ3) is 5.33. The number of methoxy groups -OCH3 is 1. The Morgan fingerprint density at radius 3 is 2.45 bits per heavy atom. The molecule has 0 amide bonds. The lowest BCUT2D eigenvalue weighted by Gasteiger charge is -2.31. The van der Waals surface area contributed by atoms with Crippen LogP contribution in [0, 0.1) is 22.0 Å². The van der Waals surface area contributed by atoms with Crippen molar-refractivity contribution in [3.8, 4) is 0 Å². The minimum absolute atomic E-state index is 0.0297. The van der Waals surface area contributed by atoms with Gasteiger partial charge in [0.15, 0.2) is 0 Å². The average molecular weight is 432 g/mol. The molecule has 1 heterocycles. The van der Waals surface area contributed by atoms with Crippen molar-refractivity contribution in [2.24, 2.45) is 16.8 Å². The average Bonchev–Trinajstić information content (AvgIpc) is 2.72. The van der Waals surface area contributed by atoms with Crippen molar-refractivity contribution >= 4 is 29.3 Å². The number of nitro benzene ring substituents is 1. The highest BCUT2D eigenvalue weighted by Crippen LogP contribution is 2.40. The summed E-state index contributed by atoms with van der Waals surface area (Å²) in [7, 11) is 1.20. The first kappa shape index (κ1) is 23.7. The SMILES string of the molecule is COC(=O)C1C(C)=NC(C)=C(C(=O)OCOC(=O)C(C)C)C1c1cccc([N+](=O)[O-])c1. The summed E-state index contributed by atoms with van der Waals surface area (Å²) in [6.07, 6.45) is 0. The van der Waals surface area contributed by atoms with Gasteiger partial charge in [-0.2, -0.15) is 0 Å². The van der Waals surface area contributed by atoms with Crippen LogP contribution in [0.1, 0.15) is 39.2 Å². The number of esters is 3. The Balaban J connectivity index is 2.48. The van der Waals surface area contributed by atoms with Crippen LogP contribution in [0.3, 0.4) is 0 Å². The van der Waals surface area contributed by atoms with Gasteiger partial charge < -0.3 is 14.2 Å². The minimum Gasteiger partial charge on any atom is -0.468 e. The molecule has 0 fully saturated rings. The number of hydrogen-bond acceptors (Lipinski definition) is 9. The summed E-state index contributed by atoms with van der Waals surface area (Å²) in [5, 5.41) is 11.2. The van der Waals surface area contributed by atoms with Crippen LogP contribution in [0.15, 0.2) is 40.5 Å². The molecule has 1 aromatic carbocycles. The molecule has 166 valence electrons. The van der Waals surface area contributed by atoms with Gasteiger partial charge in [-0.05, 0) is 19.4 Å². The topological polar surface area (TPSA) is 134 Å². The zero-order chi connectivity index (χ0) is 23.3. The number of aliphatic imine (C=N–C) groups is 1. The van der Waals surface area contributed by atoms with Crippen molar-refractivity contribution in [2.45, 2.75) is 33.6 Å². The standard InChI is InChI=1S/C21H24N2O8/c1-11(2)19(24)30-10-31-21(26)17-13(4)22-12(3)16(20(25)29-5)18(17)14-7-6-8-15(9-14)23(27)28/h6-9,11,16,18H,10H2,1-5H3. The molecule has 10 nitrogen and oxygen atoms in total. The molecule has 31 heavy (non-hydrogen) atoms. The van der Waals surface area contributed by atoms with Gasteiger partial charge in [0.25, 0.3) is 5.69 Å². The number of hydrogen-bond donors (Lipinski definition) is 0. The second-order valence-electron chi connectivity index (χ2n) is 7.25. The van der Waals surface area contributed by atoms with Gasteiger partial charge in [0.1, 0.15) is 5.92 Å². The highest BCUT2D eigenvalue weighted by atomic mass is 16.7. The number of ether oxygens (including phenoxy) is 3. The summed E-state index contributed by atoms with van der Waals surface area (Å²) in [5.41, 5.74) is 0.863. The number of carbonyl (C=O) groups excluding carboxylic acids is 3. The van der Waals surface area contributed by atoms with E-state index >= 15 is 0 Å². The van der Waals surface area contributed by atoms with Gasteiger partial charge in [-0.3, -0.25) is 24.7 Å². The number of nitro groups is 1. The van der Waals surface area contributed by atoms with Crippen molar-refractivity contribution in [2.75, 3.05) is 13.9 Å². The number of rotatable bonds is 7. The zero-order valence-electron chi connectivity index (χ0n) is 17.9. The van der Waals surface area contributed by atoms with Gasteiger partial charge in [-0.1, -0.05) is 26.0 Å². The van der Waals surface area contributed by atoms with E-state index in [1.165, 1.54) is 25.3 Å². The summed E-state index contributed by atoms with van der Waals surface area (Å²) in [4.78, 5) is 52.0. The highest BCUT2D eigenvalue weighted by Gasteiger charge is 2.42. The van der Waals surface area contributed by atoms with E-state index in [-0.39, 0.29) is 17.0 Å². The Bertz CT molecular complexity index is 964. The van der Waals surface area contributed by atoms with Crippen LogP contribution >= 0.6 is 0 Å². The van der Waals surface area contributed by atoms with Gasteiger partial charge in [-0.25, -0.2) is 4.79 Å². The molecule has 0 bridgehead atoms. The molecule has 0 spiro atoms. The van der Waals surface area contributed by atoms with Crippen molar-refractivity contribution in [3.63, 3.8) is 0 Å². The largest absolute Gasteiger partial charge is 0.468 e. The van der Waals surface area contributed by atoms with Crippen molar-refractivity contribution in [1.82, 2.24) is 0 Å². The van der Waals surface area contributed by atoms with Crippen molar-refractivity contribution in [3.05, 3.63) is 51.2 Å². The highest BCUT2D eigenvalue weighted by molar-refractivity contribution is 6.07. The lowest BCUT2D eigenvalue weighted by Crippen LogP contribution is -2.36. The van der Waals surface area contributed by atoms with E-state index in [1.54, 1.807) is 33.8 Å². The van der Waals surface area contributed by atoms with E-state index in [4.69, 9.17) is 14.2 Å². The smallest absolute Gasteiger partial charge is 0.339 e. The van der Waals surface area contributed by atoms with Crippen LogP contribution in [-0.2, 0) is 28.6 Å². The first-order valence-electron chi connectivity index (χ1n) is 9.50. The second-order valence-corrected chi connectivity index (χ2v) is 7.25. The maximum absolute atomic E-state index is 12.9. The van der Waals surface area contributed by atoms with Gasteiger partial charge in [0.05, 0.1) is 23.5 Å². The molecule has 2 unspecified atom stereocenters. The fraction of sp³-hybridized carbons (Fsp3) is 0.429. The number of non-ortho nitro benzene ring substituents is 1. The van der Waals surface area contributed by atoms with E-state index in [0.29, 0.717) is 11.3 Å². The van der Waals surface area contributed by atoms with E-state index in [1.807, 2.05) is 0 Å². The van der Waals surface area contributed by atoms with E-state index in [9.17, 15) is 24.5 Å². The molecule has 0 aliphatic carbocycles. The second kappa shape index (κ2) is 9.96. The number of carbonyl (C=O) groups is 3. The van der Waals surface area contributed by atoms with Crippen molar-refractivity contribution < 1.29 is 33.5 Å². The van der Waals surface area contributed by atoms with Gasteiger partial charge in [0, 0.05) is 29.5 Å². The fourth-order valence-electron chi connectivity index (χ4n) is 3.31. The zero-order valence-corrected chi connectivity index (χ0v) is 17.9. The van der Waals surface area contributed by atoms with Crippen LogP contribution < -0.4 is 0 Å². The van der Waals surface area contributed by atoms with Crippen LogP contribution in [0.2, 0.25) is 0 Å². The van der Waals surface area contributed by atoms with Crippen LogP contribution in [-0.4, -0.2) is 42.4 Å². The van der Waals surface area contributed by atoms with Crippen LogP contribution in [0.5, 0.6) is 0 Å². The molecule has 0 N–H and O–H groups in total. The van der Waals surface area contributed by atoms with Crippen LogP contribution in [0.25, 0.3) is 0 Å². The molecule has 1 aliphatic rings. The monoisotopic (exact) mass is 432 g/mol. The van der Waals surface area contributed by atoms with Gasteiger partial charge in [-0.15, -0.1) is 0 Å². The summed E-state index contributed by atoms with van der Waals surface area (Å²) in [6.45, 7) is 5.84. The minimum atomic E-state index is -0.989. The lowest BCUT2D eigenvalue weighted by molar-refractivity contribution is -0.384. The molecule has 0 saturated heterocycles. The maximum atomic E-state index is 12.9. The van der Waals surface area contributed by atoms with Gasteiger partial charge >= 0.3 is 17.9 Å². The summed E-state index contributed by atoms with van der Waals surface area (Å²) in [6, 6.07) is 5.63. The molecule has 2 atom stereocenters. The summed E-state index contributed by atoms with van der Waals surface area (Å²) < 4.78 is 14.9. The van der Waals surface area contributed by atoms with E-state index in [2.05, 4.69) is 4.99 Å². The summed E-state index contributed by atoms with van der Waals surface area (Å²) in [5.74, 6) is -4.37. The molecule has 1 aromatic rings. The van der Waals surface area contributed by atoms with Crippen LogP contribution in [0.4, 0.5) is 5.69 Å². The molecule has 10 heteroatoms. The normalized spacial score (nSPS) is 18.3. The number of nitrogens with zero attached hydrogens (tertiary/aromatic N) is 2. The third-order valence-corrected chi connectivity index (χ3v) is 4.81. The Morgan fingerprint density at radius 2 is 1.87 bits per heavy atom. The quantitative estimate of drug-likeness (QED) is 0.278. The Labute approximate surface area is 179 Å². The first-order valence-corrected chi connectivity index (χ1v) is 9.50. The molecule has 0 saturated carbocycles. The molecule has 1 aliphatic heterocycles. The number of allylic oxidation sites excluding steroid dienone is 1. The molecular formula is C21H24N2O8. The predicted molar refractivity (Wildman–Crippen MR) is 109 cm³/mol. The molecule has 2 rings (SSSR count). The molecule has 0 radical (unpaired) electrons. The van der Waals surface area contributed by atoms with Gasteiger partial charge in [0.2, 0.25) is 6.79 Å².